The van der Waals surface area contributed by atoms with Crippen LogP contribution in [0.1, 0.15) is 16.1 Å². The number of carbonyl (C=O) groups excluding carboxylic acids is 1. The minimum Gasteiger partial charge on any atom is -0.486 e. The molecule has 0 aliphatic rings. The van der Waals surface area contributed by atoms with E-state index in [-0.39, 0.29) is 6.61 Å². The predicted octanol–water partition coefficient (Wildman–Crippen LogP) is 3.62. The molecular weight excluding hydrogens is 288 g/mol. The van der Waals surface area contributed by atoms with Gasteiger partial charge in [-0.1, -0.05) is 35.9 Å². The first-order valence-electron chi connectivity index (χ1n) is 6.48. The fraction of sp³-hybridized carbons (Fsp3) is 0.125. The van der Waals surface area contributed by atoms with Crippen LogP contribution in [0.3, 0.4) is 0 Å². The summed E-state index contributed by atoms with van der Waals surface area (Å²) in [6.45, 7) is 0.280. The van der Waals surface area contributed by atoms with Gasteiger partial charge in [-0.3, -0.25) is 9.48 Å². The molecule has 0 bridgehead atoms. The van der Waals surface area contributed by atoms with Crippen molar-refractivity contribution in [2.75, 3.05) is 0 Å². The second kappa shape index (κ2) is 5.58. The molecule has 0 saturated carbocycles. The molecule has 21 heavy (non-hydrogen) atoms. The van der Waals surface area contributed by atoms with Crippen molar-refractivity contribution < 1.29 is 9.53 Å². The molecule has 0 radical (unpaired) electrons. The predicted molar refractivity (Wildman–Crippen MR) is 81.9 cm³/mol. The third-order valence-electron chi connectivity index (χ3n) is 3.33. The Morgan fingerprint density at radius 3 is 2.86 bits per heavy atom. The van der Waals surface area contributed by atoms with Crippen LogP contribution in [0, 0.1) is 0 Å². The van der Waals surface area contributed by atoms with Gasteiger partial charge in [0.1, 0.15) is 18.1 Å². The number of nitrogens with zero attached hydrogens (tertiary/aromatic N) is 2. The van der Waals surface area contributed by atoms with Crippen molar-refractivity contribution in [2.24, 2.45) is 7.05 Å². The number of halogens is 1. The molecule has 0 unspecified atom stereocenters. The number of aryl methyl sites for hydroxylation is 1. The molecule has 0 aliphatic heterocycles. The molecule has 0 amide bonds. The molecule has 3 rings (SSSR count). The van der Waals surface area contributed by atoms with Crippen molar-refractivity contribution in [3.63, 3.8) is 0 Å². The van der Waals surface area contributed by atoms with Gasteiger partial charge in [-0.15, -0.1) is 0 Å². The Bertz CT molecular complexity index is 811. The molecule has 3 aromatic rings. The molecular formula is C16H13ClN2O2. The number of fused-ring (bicyclic) bond motifs is 1. The average Bonchev–Trinajstić information content (AvgIpc) is 2.82. The summed E-state index contributed by atoms with van der Waals surface area (Å²) in [6, 6.07) is 13.1. The molecule has 4 nitrogen and oxygen atoms in total. The normalized spacial score (nSPS) is 10.8. The molecule has 106 valence electrons. The van der Waals surface area contributed by atoms with Crippen molar-refractivity contribution in [1.29, 1.82) is 0 Å². The monoisotopic (exact) mass is 300 g/mol. The summed E-state index contributed by atoms with van der Waals surface area (Å²) in [5.74, 6) is 0.465. The second-order valence-corrected chi connectivity index (χ2v) is 5.05. The number of hydrogen-bond acceptors (Lipinski definition) is 3. The molecule has 5 heteroatoms. The fourth-order valence-electron chi connectivity index (χ4n) is 2.30. The lowest BCUT2D eigenvalue weighted by molar-refractivity contribution is 0.111. The number of benzene rings is 2. The molecule has 0 spiro atoms. The zero-order chi connectivity index (χ0) is 14.8. The van der Waals surface area contributed by atoms with E-state index in [1.807, 2.05) is 36.0 Å². The van der Waals surface area contributed by atoms with Crippen LogP contribution in [0.25, 0.3) is 10.9 Å². The lowest BCUT2D eigenvalue weighted by atomic mass is 10.2. The number of hydrogen-bond donors (Lipinski definition) is 0. The van der Waals surface area contributed by atoms with Gasteiger partial charge in [0.05, 0.1) is 16.1 Å². The van der Waals surface area contributed by atoms with Gasteiger partial charge >= 0.3 is 0 Å². The van der Waals surface area contributed by atoms with Crippen LogP contribution in [0.15, 0.2) is 42.5 Å². The molecule has 0 atom stereocenters. The Kier molecular flexibility index (Phi) is 3.62. The average molecular weight is 301 g/mol. The topological polar surface area (TPSA) is 44.1 Å². The van der Waals surface area contributed by atoms with Gasteiger partial charge < -0.3 is 4.74 Å². The SMILES string of the molecule is Cn1nc(COc2cccc(Cl)c2C=O)c2ccccc21. The van der Waals surface area contributed by atoms with Gasteiger partial charge in [-0.2, -0.15) is 5.10 Å². The Labute approximate surface area is 126 Å². The van der Waals surface area contributed by atoms with Gasteiger partial charge in [0, 0.05) is 12.4 Å². The maximum absolute atomic E-state index is 11.1. The summed E-state index contributed by atoms with van der Waals surface area (Å²) in [7, 11) is 1.89. The number of aldehydes is 1. The molecule has 1 aromatic heterocycles. The van der Waals surface area contributed by atoms with Crippen LogP contribution >= 0.6 is 11.6 Å². The number of rotatable bonds is 4. The van der Waals surface area contributed by atoms with Crippen LogP contribution in [-0.2, 0) is 13.7 Å². The van der Waals surface area contributed by atoms with Crippen LogP contribution < -0.4 is 4.74 Å². The molecule has 0 aliphatic carbocycles. The highest BCUT2D eigenvalue weighted by molar-refractivity contribution is 6.33. The summed E-state index contributed by atoms with van der Waals surface area (Å²) in [5, 5.41) is 5.87. The smallest absolute Gasteiger partial charge is 0.155 e. The fourth-order valence-corrected chi connectivity index (χ4v) is 2.51. The first kappa shape index (κ1) is 13.6. The first-order chi connectivity index (χ1) is 10.2. The van der Waals surface area contributed by atoms with E-state index in [2.05, 4.69) is 5.10 Å². The van der Waals surface area contributed by atoms with E-state index in [0.29, 0.717) is 22.6 Å². The standard InChI is InChI=1S/C16H13ClN2O2/c1-19-15-7-3-2-5-11(15)14(18-19)10-21-16-8-4-6-13(17)12(16)9-20/h2-9H,10H2,1H3. The van der Waals surface area contributed by atoms with Gasteiger partial charge in [0.2, 0.25) is 0 Å². The highest BCUT2D eigenvalue weighted by Crippen LogP contribution is 2.26. The first-order valence-corrected chi connectivity index (χ1v) is 6.85. The second-order valence-electron chi connectivity index (χ2n) is 4.65. The van der Waals surface area contributed by atoms with Crippen LogP contribution in [0.5, 0.6) is 5.75 Å². The van der Waals surface area contributed by atoms with Gasteiger partial charge in [-0.05, 0) is 18.2 Å². The van der Waals surface area contributed by atoms with E-state index in [4.69, 9.17) is 16.3 Å². The summed E-state index contributed by atoms with van der Waals surface area (Å²) in [6.07, 6.45) is 0.703. The van der Waals surface area contributed by atoms with Crippen molar-refractivity contribution >= 4 is 28.8 Å². The number of aromatic nitrogens is 2. The van der Waals surface area contributed by atoms with E-state index in [1.165, 1.54) is 0 Å². The van der Waals surface area contributed by atoms with Crippen molar-refractivity contribution in [1.82, 2.24) is 9.78 Å². The van der Waals surface area contributed by atoms with Gasteiger partial charge in [0.15, 0.2) is 6.29 Å². The molecule has 0 N–H and O–H groups in total. The number of para-hydroxylation sites is 1. The van der Waals surface area contributed by atoms with Gasteiger partial charge in [0.25, 0.3) is 0 Å². The molecule has 0 saturated heterocycles. The number of ether oxygens (including phenoxy) is 1. The Hall–Kier alpha value is -2.33. The largest absolute Gasteiger partial charge is 0.486 e. The highest BCUT2D eigenvalue weighted by Gasteiger charge is 2.11. The third-order valence-corrected chi connectivity index (χ3v) is 3.66. The summed E-state index contributed by atoms with van der Waals surface area (Å²) in [4.78, 5) is 11.1. The summed E-state index contributed by atoms with van der Waals surface area (Å²) in [5.41, 5.74) is 2.22. The molecule has 2 aromatic carbocycles. The Balaban J connectivity index is 1.91. The van der Waals surface area contributed by atoms with Crippen molar-refractivity contribution in [3.8, 4) is 5.75 Å². The van der Waals surface area contributed by atoms with E-state index >= 15 is 0 Å². The third kappa shape index (κ3) is 2.50. The van der Waals surface area contributed by atoms with Crippen molar-refractivity contribution in [3.05, 3.63) is 58.7 Å². The van der Waals surface area contributed by atoms with Crippen molar-refractivity contribution in [2.45, 2.75) is 6.61 Å². The van der Waals surface area contributed by atoms with Crippen LogP contribution in [-0.4, -0.2) is 16.1 Å². The quantitative estimate of drug-likeness (QED) is 0.691. The summed E-state index contributed by atoms with van der Waals surface area (Å²) >= 11 is 5.98. The molecule has 1 heterocycles. The van der Waals surface area contributed by atoms with Gasteiger partial charge in [-0.25, -0.2) is 0 Å². The molecule has 0 fully saturated rings. The highest BCUT2D eigenvalue weighted by atomic mass is 35.5. The zero-order valence-electron chi connectivity index (χ0n) is 11.4. The van der Waals surface area contributed by atoms with E-state index in [9.17, 15) is 4.79 Å². The Morgan fingerprint density at radius 2 is 2.05 bits per heavy atom. The minimum atomic E-state index is 0.280. The van der Waals surface area contributed by atoms with Crippen LogP contribution in [0.2, 0.25) is 5.02 Å². The number of carbonyl (C=O) groups is 1. The summed E-state index contributed by atoms with van der Waals surface area (Å²) < 4.78 is 7.54. The van der Waals surface area contributed by atoms with E-state index in [0.717, 1.165) is 16.6 Å². The zero-order valence-corrected chi connectivity index (χ0v) is 12.2. The maximum atomic E-state index is 11.1. The lowest BCUT2D eigenvalue weighted by Gasteiger charge is -2.08. The lowest BCUT2D eigenvalue weighted by Crippen LogP contribution is -2.00. The Morgan fingerprint density at radius 1 is 1.24 bits per heavy atom. The van der Waals surface area contributed by atoms with E-state index < -0.39 is 0 Å². The van der Waals surface area contributed by atoms with E-state index in [1.54, 1.807) is 18.2 Å². The minimum absolute atomic E-state index is 0.280. The maximum Gasteiger partial charge on any atom is 0.155 e. The van der Waals surface area contributed by atoms with Crippen LogP contribution in [0.4, 0.5) is 0 Å².